The molecule has 0 saturated heterocycles. The van der Waals surface area contributed by atoms with Gasteiger partial charge in [0.05, 0.1) is 7.11 Å². The third-order valence-electron chi connectivity index (χ3n) is 2.51. The Bertz CT molecular complexity index is 486. The SMILES string of the molecule is C=C/C(=C\C=C(\O)C=C)C/C(C=C)=C/C=C(\C=C)OC. The zero-order chi connectivity index (χ0) is 15.4. The van der Waals surface area contributed by atoms with Crippen LogP contribution in [0.3, 0.4) is 0 Å². The van der Waals surface area contributed by atoms with Crippen LogP contribution in [0.4, 0.5) is 0 Å². The smallest absolute Gasteiger partial charge is 0.118 e. The number of aliphatic hydroxyl groups excluding tert-OH is 1. The van der Waals surface area contributed by atoms with E-state index in [0.29, 0.717) is 12.2 Å². The molecule has 0 aromatic rings. The summed E-state index contributed by atoms with van der Waals surface area (Å²) in [5, 5.41) is 9.33. The molecule has 0 aliphatic rings. The molecule has 1 N–H and O–H groups in total. The first-order chi connectivity index (χ1) is 9.60. The normalized spacial score (nSPS) is 13.7. The van der Waals surface area contributed by atoms with E-state index in [-0.39, 0.29) is 5.76 Å². The van der Waals surface area contributed by atoms with Crippen molar-refractivity contribution in [2.24, 2.45) is 0 Å². The summed E-state index contributed by atoms with van der Waals surface area (Å²) in [6.07, 6.45) is 14.2. The van der Waals surface area contributed by atoms with Crippen LogP contribution < -0.4 is 0 Å². The van der Waals surface area contributed by atoms with E-state index in [1.165, 1.54) is 6.08 Å². The summed E-state index contributed by atoms with van der Waals surface area (Å²) in [5.41, 5.74) is 1.95. The van der Waals surface area contributed by atoms with Crippen LogP contribution in [0.1, 0.15) is 6.42 Å². The lowest BCUT2D eigenvalue weighted by molar-refractivity contribution is 0.307. The lowest BCUT2D eigenvalue weighted by Crippen LogP contribution is -1.84. The molecule has 2 nitrogen and oxygen atoms in total. The highest BCUT2D eigenvalue weighted by atomic mass is 16.5. The van der Waals surface area contributed by atoms with Crippen molar-refractivity contribution in [1.29, 1.82) is 0 Å². The van der Waals surface area contributed by atoms with Gasteiger partial charge >= 0.3 is 0 Å². The number of ether oxygens (including phenoxy) is 1. The number of hydrogen-bond donors (Lipinski definition) is 1. The Kier molecular flexibility index (Phi) is 9.15. The Morgan fingerprint density at radius 1 is 0.850 bits per heavy atom. The van der Waals surface area contributed by atoms with Crippen LogP contribution in [0.2, 0.25) is 0 Å². The van der Waals surface area contributed by atoms with E-state index in [1.54, 1.807) is 37.5 Å². The monoisotopic (exact) mass is 270 g/mol. The Morgan fingerprint density at radius 3 is 1.80 bits per heavy atom. The predicted molar refractivity (Wildman–Crippen MR) is 87.4 cm³/mol. The minimum atomic E-state index is 0.113. The van der Waals surface area contributed by atoms with E-state index in [4.69, 9.17) is 4.74 Å². The van der Waals surface area contributed by atoms with Gasteiger partial charge in [-0.25, -0.2) is 0 Å². The maximum Gasteiger partial charge on any atom is 0.118 e. The second-order valence-electron chi connectivity index (χ2n) is 3.84. The fourth-order valence-corrected chi connectivity index (χ4v) is 1.30. The van der Waals surface area contributed by atoms with Crippen LogP contribution in [0.5, 0.6) is 0 Å². The number of aliphatic hydroxyl groups is 1. The molecule has 0 heterocycles. The van der Waals surface area contributed by atoms with Crippen LogP contribution in [-0.4, -0.2) is 12.2 Å². The zero-order valence-corrected chi connectivity index (χ0v) is 12.0. The van der Waals surface area contributed by atoms with Crippen LogP contribution in [0.15, 0.2) is 97.6 Å². The molecule has 0 amide bonds. The molecule has 0 radical (unpaired) electrons. The number of methoxy groups -OCH3 is 1. The minimum absolute atomic E-state index is 0.113. The standard InChI is InChI=1S/C18H22O2/c1-6-15(10-12-17(19)8-3)14-16(7-2)11-13-18(9-4)20-5/h6-13,19H,1-4,14H2,5H3/b15-10+,16-11+,17-12+,18-13+. The Balaban J connectivity index is 5.10. The molecule has 0 rings (SSSR count). The largest absolute Gasteiger partial charge is 0.508 e. The van der Waals surface area contributed by atoms with Crippen LogP contribution >= 0.6 is 0 Å². The van der Waals surface area contributed by atoms with Crippen molar-refractivity contribution < 1.29 is 9.84 Å². The first-order valence-electron chi connectivity index (χ1n) is 6.15. The van der Waals surface area contributed by atoms with Crippen molar-refractivity contribution in [3.05, 3.63) is 97.6 Å². The molecule has 106 valence electrons. The van der Waals surface area contributed by atoms with Gasteiger partial charge in [-0.15, -0.1) is 0 Å². The molecule has 0 unspecified atom stereocenters. The summed E-state index contributed by atoms with van der Waals surface area (Å²) >= 11 is 0. The highest BCUT2D eigenvalue weighted by molar-refractivity contribution is 5.35. The van der Waals surface area contributed by atoms with Crippen LogP contribution in [-0.2, 0) is 4.74 Å². The minimum Gasteiger partial charge on any atom is -0.508 e. The van der Waals surface area contributed by atoms with Gasteiger partial charge in [-0.1, -0.05) is 50.6 Å². The summed E-state index contributed by atoms with van der Waals surface area (Å²) in [7, 11) is 1.59. The molecule has 0 aliphatic carbocycles. The molecule has 0 aliphatic heterocycles. The second-order valence-corrected chi connectivity index (χ2v) is 3.84. The Labute approximate surface area is 121 Å². The molecular formula is C18H22O2. The van der Waals surface area contributed by atoms with E-state index in [2.05, 4.69) is 26.3 Å². The van der Waals surface area contributed by atoms with Gasteiger partial charge in [0.25, 0.3) is 0 Å². The van der Waals surface area contributed by atoms with E-state index in [9.17, 15) is 5.11 Å². The first-order valence-corrected chi connectivity index (χ1v) is 6.15. The molecular weight excluding hydrogens is 248 g/mol. The van der Waals surface area contributed by atoms with E-state index < -0.39 is 0 Å². The highest BCUT2D eigenvalue weighted by Gasteiger charge is 1.96. The topological polar surface area (TPSA) is 29.5 Å². The lowest BCUT2D eigenvalue weighted by Gasteiger charge is -2.03. The maximum atomic E-state index is 9.33. The molecule has 0 saturated carbocycles. The second kappa shape index (κ2) is 10.4. The van der Waals surface area contributed by atoms with E-state index in [0.717, 1.165) is 11.1 Å². The summed E-state index contributed by atoms with van der Waals surface area (Å²) in [4.78, 5) is 0. The van der Waals surface area contributed by atoms with Crippen molar-refractivity contribution >= 4 is 0 Å². The van der Waals surface area contributed by atoms with Crippen molar-refractivity contribution in [1.82, 2.24) is 0 Å². The van der Waals surface area contributed by atoms with Crippen molar-refractivity contribution in [3.8, 4) is 0 Å². The van der Waals surface area contributed by atoms with Gasteiger partial charge < -0.3 is 9.84 Å². The molecule has 0 bridgehead atoms. The van der Waals surface area contributed by atoms with Gasteiger partial charge in [0.1, 0.15) is 11.5 Å². The van der Waals surface area contributed by atoms with Crippen molar-refractivity contribution in [3.63, 3.8) is 0 Å². The fraction of sp³-hybridized carbons (Fsp3) is 0.111. The van der Waals surface area contributed by atoms with Gasteiger partial charge in [0, 0.05) is 0 Å². The quantitative estimate of drug-likeness (QED) is 0.474. The number of allylic oxidation sites excluding steroid dienone is 10. The van der Waals surface area contributed by atoms with Crippen molar-refractivity contribution in [2.75, 3.05) is 7.11 Å². The van der Waals surface area contributed by atoms with E-state index in [1.807, 2.05) is 12.2 Å². The molecule has 0 fully saturated rings. The van der Waals surface area contributed by atoms with Gasteiger partial charge in [0.2, 0.25) is 0 Å². The highest BCUT2D eigenvalue weighted by Crippen LogP contribution is 2.14. The van der Waals surface area contributed by atoms with Crippen LogP contribution in [0.25, 0.3) is 0 Å². The molecule has 0 spiro atoms. The summed E-state index contributed by atoms with van der Waals surface area (Å²) in [5.74, 6) is 0.791. The zero-order valence-electron chi connectivity index (χ0n) is 12.0. The lowest BCUT2D eigenvalue weighted by atomic mass is 10.0. The maximum absolute atomic E-state index is 9.33. The molecule has 0 atom stereocenters. The summed E-state index contributed by atoms with van der Waals surface area (Å²) in [6, 6.07) is 0. The molecule has 0 aromatic carbocycles. The predicted octanol–water partition coefficient (Wildman–Crippen LogP) is 4.95. The number of hydrogen-bond acceptors (Lipinski definition) is 2. The van der Waals surface area contributed by atoms with Gasteiger partial charge in [0.15, 0.2) is 0 Å². The fourth-order valence-electron chi connectivity index (χ4n) is 1.30. The third kappa shape index (κ3) is 7.07. The molecule has 0 aromatic heterocycles. The van der Waals surface area contributed by atoms with Crippen LogP contribution in [0, 0.1) is 0 Å². The van der Waals surface area contributed by atoms with Crippen molar-refractivity contribution in [2.45, 2.75) is 6.42 Å². The first kappa shape index (κ1) is 17.5. The van der Waals surface area contributed by atoms with Gasteiger partial charge in [-0.05, 0) is 41.9 Å². The molecule has 20 heavy (non-hydrogen) atoms. The van der Waals surface area contributed by atoms with Gasteiger partial charge in [-0.2, -0.15) is 0 Å². The summed E-state index contributed by atoms with van der Waals surface area (Å²) in [6.45, 7) is 14.7. The average Bonchev–Trinajstić information content (AvgIpc) is 2.49. The third-order valence-corrected chi connectivity index (χ3v) is 2.51. The van der Waals surface area contributed by atoms with Gasteiger partial charge in [-0.3, -0.25) is 0 Å². The van der Waals surface area contributed by atoms with E-state index >= 15 is 0 Å². The molecule has 2 heteroatoms. The summed E-state index contributed by atoms with van der Waals surface area (Å²) < 4.78 is 5.09. The number of rotatable bonds is 9. The Morgan fingerprint density at radius 2 is 1.40 bits per heavy atom. The average molecular weight is 270 g/mol. The Hall–Kier alpha value is -2.48.